The number of rotatable bonds is 6. The molecule has 35 heavy (non-hydrogen) atoms. The van der Waals surface area contributed by atoms with Crippen LogP contribution in [0.4, 0.5) is 10.5 Å². The van der Waals surface area contributed by atoms with Gasteiger partial charge in [-0.1, -0.05) is 51.8 Å². The SMILES string of the molecule is Cc1ccc(C(=O)Oc2ccc(Br)cc2/C=C2\SC(=O)N(CC(=O)Nc3ccccc3)C2=O)cc1. The minimum absolute atomic E-state index is 0.119. The second-order valence-electron chi connectivity index (χ2n) is 7.62. The van der Waals surface area contributed by atoms with Crippen LogP contribution in [0.5, 0.6) is 5.75 Å². The molecule has 9 heteroatoms. The smallest absolute Gasteiger partial charge is 0.343 e. The fourth-order valence-electron chi connectivity index (χ4n) is 3.22. The molecule has 7 nitrogen and oxygen atoms in total. The number of aryl methyl sites for hydroxylation is 1. The molecule has 3 aromatic carbocycles. The molecule has 4 rings (SSSR count). The predicted molar refractivity (Wildman–Crippen MR) is 138 cm³/mol. The zero-order valence-electron chi connectivity index (χ0n) is 18.5. The molecule has 0 aromatic heterocycles. The largest absolute Gasteiger partial charge is 0.422 e. The van der Waals surface area contributed by atoms with Gasteiger partial charge in [0.15, 0.2) is 0 Å². The van der Waals surface area contributed by atoms with Crippen LogP contribution in [-0.2, 0) is 9.59 Å². The summed E-state index contributed by atoms with van der Waals surface area (Å²) in [7, 11) is 0. The number of para-hydroxylation sites is 1. The molecule has 1 aliphatic rings. The van der Waals surface area contributed by atoms with Gasteiger partial charge < -0.3 is 10.1 Å². The van der Waals surface area contributed by atoms with E-state index >= 15 is 0 Å². The van der Waals surface area contributed by atoms with Crippen LogP contribution < -0.4 is 10.1 Å². The summed E-state index contributed by atoms with van der Waals surface area (Å²) < 4.78 is 6.26. The molecule has 176 valence electrons. The quantitative estimate of drug-likeness (QED) is 0.242. The standard InChI is InChI=1S/C26H19BrN2O5S/c1-16-7-9-17(10-8-16)25(32)34-21-12-11-19(27)13-18(21)14-22-24(31)29(26(33)35-22)15-23(30)28-20-5-3-2-4-6-20/h2-14H,15H2,1H3,(H,28,30)/b22-14-. The van der Waals surface area contributed by atoms with Crippen LogP contribution in [0.15, 0.2) is 82.2 Å². The van der Waals surface area contributed by atoms with Crippen molar-refractivity contribution in [1.29, 1.82) is 0 Å². The summed E-state index contributed by atoms with van der Waals surface area (Å²) in [5, 5.41) is 2.10. The Hall–Kier alpha value is -3.69. The van der Waals surface area contributed by atoms with Crippen LogP contribution in [0.25, 0.3) is 6.08 Å². The molecule has 1 saturated heterocycles. The third-order valence-electron chi connectivity index (χ3n) is 4.98. The number of carbonyl (C=O) groups is 4. The third-order valence-corrected chi connectivity index (χ3v) is 6.38. The summed E-state index contributed by atoms with van der Waals surface area (Å²) in [6.07, 6.45) is 1.47. The van der Waals surface area contributed by atoms with Crippen LogP contribution >= 0.6 is 27.7 Å². The van der Waals surface area contributed by atoms with Crippen LogP contribution in [0.2, 0.25) is 0 Å². The van der Waals surface area contributed by atoms with Gasteiger partial charge in [0.05, 0.1) is 10.5 Å². The molecular weight excluding hydrogens is 532 g/mol. The molecule has 3 aromatic rings. The highest BCUT2D eigenvalue weighted by atomic mass is 79.9. The number of benzene rings is 3. The van der Waals surface area contributed by atoms with Crippen LogP contribution in [0.1, 0.15) is 21.5 Å². The molecule has 0 aliphatic carbocycles. The van der Waals surface area contributed by atoms with E-state index in [9.17, 15) is 19.2 Å². The molecule has 1 aliphatic heterocycles. The Labute approximate surface area is 214 Å². The van der Waals surface area contributed by atoms with Crippen molar-refractivity contribution in [2.24, 2.45) is 0 Å². The van der Waals surface area contributed by atoms with Gasteiger partial charge in [0.1, 0.15) is 12.3 Å². The van der Waals surface area contributed by atoms with Crippen molar-refractivity contribution in [1.82, 2.24) is 4.90 Å². The van der Waals surface area contributed by atoms with Crippen molar-refractivity contribution < 1.29 is 23.9 Å². The molecule has 0 bridgehead atoms. The maximum absolute atomic E-state index is 12.9. The lowest BCUT2D eigenvalue weighted by atomic mass is 10.1. The van der Waals surface area contributed by atoms with E-state index in [0.717, 1.165) is 22.2 Å². The van der Waals surface area contributed by atoms with Crippen molar-refractivity contribution in [2.75, 3.05) is 11.9 Å². The number of esters is 1. The molecule has 0 saturated carbocycles. The van der Waals surface area contributed by atoms with Crippen LogP contribution in [0, 0.1) is 6.92 Å². The van der Waals surface area contributed by atoms with Gasteiger partial charge in [-0.2, -0.15) is 0 Å². The summed E-state index contributed by atoms with van der Waals surface area (Å²) >= 11 is 4.10. The van der Waals surface area contributed by atoms with Gasteiger partial charge in [0, 0.05) is 15.7 Å². The fraction of sp³-hybridized carbons (Fsp3) is 0.0769. The van der Waals surface area contributed by atoms with E-state index in [-0.39, 0.29) is 10.7 Å². The Balaban J connectivity index is 1.52. The molecule has 1 heterocycles. The highest BCUT2D eigenvalue weighted by Gasteiger charge is 2.36. The summed E-state index contributed by atoms with van der Waals surface area (Å²) in [5.74, 6) is -1.41. The summed E-state index contributed by atoms with van der Waals surface area (Å²) in [6, 6.07) is 20.7. The van der Waals surface area contributed by atoms with E-state index in [1.807, 2.05) is 25.1 Å². The van der Waals surface area contributed by atoms with Gasteiger partial charge >= 0.3 is 5.97 Å². The number of ether oxygens (including phenoxy) is 1. The second kappa shape index (κ2) is 10.7. The number of carbonyl (C=O) groups excluding carboxylic acids is 4. The summed E-state index contributed by atoms with van der Waals surface area (Å²) in [6.45, 7) is 1.50. The monoisotopic (exact) mass is 550 g/mol. The first-order chi connectivity index (χ1) is 16.8. The van der Waals surface area contributed by atoms with E-state index in [0.29, 0.717) is 21.3 Å². The lowest BCUT2D eigenvalue weighted by Crippen LogP contribution is -2.36. The summed E-state index contributed by atoms with van der Waals surface area (Å²) in [4.78, 5) is 51.3. The molecule has 1 N–H and O–H groups in total. The van der Waals surface area contributed by atoms with Gasteiger partial charge in [0.25, 0.3) is 11.1 Å². The zero-order chi connectivity index (χ0) is 24.9. The first-order valence-corrected chi connectivity index (χ1v) is 12.1. The molecule has 0 atom stereocenters. The second-order valence-corrected chi connectivity index (χ2v) is 9.53. The van der Waals surface area contributed by atoms with Crippen molar-refractivity contribution in [3.63, 3.8) is 0 Å². The van der Waals surface area contributed by atoms with Gasteiger partial charge in [0.2, 0.25) is 5.91 Å². The number of thioether (sulfide) groups is 1. The number of imide groups is 1. The molecule has 0 spiro atoms. The lowest BCUT2D eigenvalue weighted by molar-refractivity contribution is -0.127. The van der Waals surface area contributed by atoms with Crippen LogP contribution in [0.3, 0.4) is 0 Å². The Bertz CT molecular complexity index is 1340. The van der Waals surface area contributed by atoms with Gasteiger partial charge in [-0.25, -0.2) is 4.79 Å². The maximum Gasteiger partial charge on any atom is 0.343 e. The van der Waals surface area contributed by atoms with Gasteiger partial charge in [-0.3, -0.25) is 19.3 Å². The van der Waals surface area contributed by atoms with Crippen molar-refractivity contribution in [2.45, 2.75) is 6.92 Å². The van der Waals surface area contributed by atoms with E-state index in [4.69, 9.17) is 4.74 Å². The van der Waals surface area contributed by atoms with E-state index < -0.39 is 29.6 Å². The van der Waals surface area contributed by atoms with E-state index in [1.165, 1.54) is 6.08 Å². The zero-order valence-corrected chi connectivity index (χ0v) is 20.9. The van der Waals surface area contributed by atoms with Crippen molar-refractivity contribution in [3.05, 3.63) is 98.9 Å². The lowest BCUT2D eigenvalue weighted by Gasteiger charge is -2.12. The average Bonchev–Trinajstić information content (AvgIpc) is 3.09. The van der Waals surface area contributed by atoms with Crippen molar-refractivity contribution >= 4 is 62.5 Å². The highest BCUT2D eigenvalue weighted by Crippen LogP contribution is 2.35. The van der Waals surface area contributed by atoms with E-state index in [1.54, 1.807) is 54.6 Å². The maximum atomic E-state index is 12.9. The predicted octanol–water partition coefficient (Wildman–Crippen LogP) is 5.65. The topological polar surface area (TPSA) is 92.8 Å². The number of nitrogens with one attached hydrogen (secondary N) is 1. The Morgan fingerprint density at radius 1 is 1.03 bits per heavy atom. The summed E-state index contributed by atoms with van der Waals surface area (Å²) in [5.41, 5.74) is 2.39. The Kier molecular flexibility index (Phi) is 7.48. The number of amides is 3. The molecule has 0 radical (unpaired) electrons. The third kappa shape index (κ3) is 6.06. The molecule has 3 amide bonds. The van der Waals surface area contributed by atoms with Gasteiger partial charge in [-0.05, 0) is 67.2 Å². The number of hydrogen-bond acceptors (Lipinski definition) is 6. The minimum Gasteiger partial charge on any atom is -0.422 e. The van der Waals surface area contributed by atoms with Crippen molar-refractivity contribution in [3.8, 4) is 5.75 Å². The first-order valence-electron chi connectivity index (χ1n) is 10.5. The normalized spacial score (nSPS) is 14.3. The molecule has 1 fully saturated rings. The Morgan fingerprint density at radius 3 is 2.46 bits per heavy atom. The van der Waals surface area contributed by atoms with Crippen LogP contribution in [-0.4, -0.2) is 34.5 Å². The first kappa shape index (κ1) is 24.4. The fourth-order valence-corrected chi connectivity index (χ4v) is 4.42. The number of halogens is 1. The van der Waals surface area contributed by atoms with Gasteiger partial charge in [-0.15, -0.1) is 0 Å². The number of hydrogen-bond donors (Lipinski definition) is 1. The minimum atomic E-state index is -0.598. The average molecular weight is 551 g/mol. The number of nitrogens with zero attached hydrogens (tertiary/aromatic N) is 1. The molecule has 0 unspecified atom stereocenters. The Morgan fingerprint density at radius 2 is 1.74 bits per heavy atom. The van der Waals surface area contributed by atoms with E-state index in [2.05, 4.69) is 21.2 Å². The number of anilines is 1. The highest BCUT2D eigenvalue weighted by molar-refractivity contribution is 9.10. The molecular formula is C26H19BrN2O5S.